The van der Waals surface area contributed by atoms with Crippen LogP contribution in [-0.4, -0.2) is 18.6 Å². The predicted octanol–water partition coefficient (Wildman–Crippen LogP) is 2.86. The van der Waals surface area contributed by atoms with Gasteiger partial charge < -0.3 is 10.2 Å². The maximum absolute atomic E-state index is 12.6. The largest absolute Gasteiger partial charge is 0.508 e. The first-order chi connectivity index (χ1) is 9.23. The molecule has 0 aliphatic heterocycles. The molecule has 0 fully saturated rings. The minimum absolute atomic E-state index is 0.0179. The lowest BCUT2D eigenvalue weighted by Gasteiger charge is -2.11. The SMILES string of the molecule is Cc1cc(O)ccc1S(=O)(=O)c1cc(C)c(C)c(O)c1. The summed E-state index contributed by atoms with van der Waals surface area (Å²) < 4.78 is 25.2. The zero-order valence-corrected chi connectivity index (χ0v) is 12.3. The summed E-state index contributed by atoms with van der Waals surface area (Å²) in [5.41, 5.74) is 1.83. The van der Waals surface area contributed by atoms with E-state index in [0.717, 1.165) is 0 Å². The van der Waals surface area contributed by atoms with Crippen LogP contribution in [0.5, 0.6) is 11.5 Å². The van der Waals surface area contributed by atoms with Gasteiger partial charge in [0.2, 0.25) is 9.84 Å². The highest BCUT2D eigenvalue weighted by atomic mass is 32.2. The molecule has 0 heterocycles. The van der Waals surface area contributed by atoms with Gasteiger partial charge in [-0.2, -0.15) is 0 Å². The molecule has 2 aromatic carbocycles. The summed E-state index contributed by atoms with van der Waals surface area (Å²) in [5.74, 6) is -0.0237. The second-order valence-corrected chi connectivity index (χ2v) is 6.76. The van der Waals surface area contributed by atoms with E-state index < -0.39 is 9.84 Å². The molecular weight excluding hydrogens is 276 g/mol. The Morgan fingerprint density at radius 2 is 1.55 bits per heavy atom. The summed E-state index contributed by atoms with van der Waals surface area (Å²) in [5, 5.41) is 19.2. The van der Waals surface area contributed by atoms with E-state index in [9.17, 15) is 18.6 Å². The van der Waals surface area contributed by atoms with Gasteiger partial charge in [0.1, 0.15) is 11.5 Å². The maximum atomic E-state index is 12.6. The van der Waals surface area contributed by atoms with E-state index in [0.29, 0.717) is 16.7 Å². The van der Waals surface area contributed by atoms with E-state index in [1.807, 2.05) is 0 Å². The minimum atomic E-state index is -3.72. The van der Waals surface area contributed by atoms with Crippen molar-refractivity contribution in [3.63, 3.8) is 0 Å². The molecule has 2 aromatic rings. The second-order valence-electron chi connectivity index (χ2n) is 4.84. The molecule has 2 N–H and O–H groups in total. The molecule has 0 saturated carbocycles. The molecule has 0 saturated heterocycles. The third-order valence-corrected chi connectivity index (χ3v) is 5.27. The summed E-state index contributed by atoms with van der Waals surface area (Å²) in [4.78, 5) is 0.171. The lowest BCUT2D eigenvalue weighted by Crippen LogP contribution is -2.05. The normalized spacial score (nSPS) is 11.6. The highest BCUT2D eigenvalue weighted by molar-refractivity contribution is 7.91. The summed E-state index contributed by atoms with van der Waals surface area (Å²) in [6, 6.07) is 6.89. The van der Waals surface area contributed by atoms with Gasteiger partial charge >= 0.3 is 0 Å². The van der Waals surface area contributed by atoms with Crippen molar-refractivity contribution in [2.75, 3.05) is 0 Å². The Kier molecular flexibility index (Phi) is 3.48. The van der Waals surface area contributed by atoms with Crippen LogP contribution in [0.25, 0.3) is 0 Å². The van der Waals surface area contributed by atoms with Crippen molar-refractivity contribution in [3.05, 3.63) is 47.0 Å². The van der Waals surface area contributed by atoms with E-state index in [1.165, 1.54) is 30.3 Å². The summed E-state index contributed by atoms with van der Waals surface area (Å²) in [6.45, 7) is 5.10. The highest BCUT2D eigenvalue weighted by Gasteiger charge is 2.21. The number of rotatable bonds is 2. The van der Waals surface area contributed by atoms with E-state index in [-0.39, 0.29) is 21.3 Å². The minimum Gasteiger partial charge on any atom is -0.508 e. The Morgan fingerprint density at radius 1 is 0.900 bits per heavy atom. The molecule has 0 bridgehead atoms. The van der Waals surface area contributed by atoms with Crippen LogP contribution >= 0.6 is 0 Å². The Balaban J connectivity index is 2.67. The van der Waals surface area contributed by atoms with E-state index in [1.54, 1.807) is 20.8 Å². The molecule has 0 aliphatic rings. The van der Waals surface area contributed by atoms with Gasteiger partial charge in [-0.1, -0.05) is 0 Å². The number of sulfone groups is 1. The standard InChI is InChI=1S/C15H16O4S/c1-9-7-13(8-14(17)11(9)3)20(18,19)15-5-4-12(16)6-10(15)2/h4-8,16-17H,1-3H3. The highest BCUT2D eigenvalue weighted by Crippen LogP contribution is 2.31. The summed E-state index contributed by atoms with van der Waals surface area (Å²) in [7, 11) is -3.72. The fourth-order valence-corrected chi connectivity index (χ4v) is 3.61. The monoisotopic (exact) mass is 292 g/mol. The molecule has 0 aromatic heterocycles. The Labute approximate surface area is 118 Å². The van der Waals surface area contributed by atoms with Gasteiger partial charge in [-0.25, -0.2) is 8.42 Å². The number of phenols is 2. The molecule has 0 spiro atoms. The molecule has 0 radical (unpaired) electrons. The quantitative estimate of drug-likeness (QED) is 0.892. The number of aryl methyl sites for hydroxylation is 2. The summed E-state index contributed by atoms with van der Waals surface area (Å²) in [6.07, 6.45) is 0. The first kappa shape index (κ1) is 14.4. The first-order valence-corrected chi connectivity index (χ1v) is 7.56. The van der Waals surface area contributed by atoms with Gasteiger partial charge in [0, 0.05) is 0 Å². The molecular formula is C15H16O4S. The average molecular weight is 292 g/mol. The first-order valence-electron chi connectivity index (χ1n) is 6.08. The third-order valence-electron chi connectivity index (χ3n) is 3.37. The van der Waals surface area contributed by atoms with Crippen molar-refractivity contribution in [3.8, 4) is 11.5 Å². The molecule has 0 unspecified atom stereocenters. The lowest BCUT2D eigenvalue weighted by atomic mass is 10.1. The van der Waals surface area contributed by atoms with Crippen LogP contribution in [0.15, 0.2) is 40.1 Å². The molecule has 2 rings (SSSR count). The Bertz CT molecular complexity index is 753. The van der Waals surface area contributed by atoms with E-state index in [4.69, 9.17) is 0 Å². The molecule has 0 aliphatic carbocycles. The van der Waals surface area contributed by atoms with Gasteiger partial charge in [-0.05, 0) is 67.8 Å². The Hall–Kier alpha value is -2.01. The summed E-state index contributed by atoms with van der Waals surface area (Å²) >= 11 is 0. The van der Waals surface area contributed by atoms with Crippen LogP contribution in [0.3, 0.4) is 0 Å². The van der Waals surface area contributed by atoms with Crippen molar-refractivity contribution >= 4 is 9.84 Å². The van der Waals surface area contributed by atoms with Gasteiger partial charge in [0.15, 0.2) is 0 Å². The van der Waals surface area contributed by atoms with Crippen molar-refractivity contribution in [1.29, 1.82) is 0 Å². The van der Waals surface area contributed by atoms with E-state index >= 15 is 0 Å². The average Bonchev–Trinajstić information content (AvgIpc) is 2.34. The number of benzene rings is 2. The second kappa shape index (κ2) is 4.83. The lowest BCUT2D eigenvalue weighted by molar-refractivity contribution is 0.468. The zero-order chi connectivity index (χ0) is 15.1. The third kappa shape index (κ3) is 2.36. The Morgan fingerprint density at radius 3 is 2.10 bits per heavy atom. The molecule has 0 amide bonds. The van der Waals surface area contributed by atoms with Gasteiger partial charge in [0.25, 0.3) is 0 Å². The number of phenolic OH excluding ortho intramolecular Hbond substituents is 2. The zero-order valence-electron chi connectivity index (χ0n) is 11.5. The maximum Gasteiger partial charge on any atom is 0.207 e. The van der Waals surface area contributed by atoms with Crippen LogP contribution in [0.4, 0.5) is 0 Å². The molecule has 5 heteroatoms. The fraction of sp³-hybridized carbons (Fsp3) is 0.200. The molecule has 106 valence electrons. The van der Waals surface area contributed by atoms with Crippen molar-refractivity contribution in [2.45, 2.75) is 30.6 Å². The van der Waals surface area contributed by atoms with Gasteiger partial charge in [-0.3, -0.25) is 0 Å². The van der Waals surface area contributed by atoms with Crippen molar-refractivity contribution < 1.29 is 18.6 Å². The molecule has 4 nitrogen and oxygen atoms in total. The topological polar surface area (TPSA) is 74.6 Å². The number of hydrogen-bond acceptors (Lipinski definition) is 4. The van der Waals surface area contributed by atoms with Crippen LogP contribution < -0.4 is 0 Å². The molecule has 20 heavy (non-hydrogen) atoms. The molecule has 0 atom stereocenters. The van der Waals surface area contributed by atoms with Gasteiger partial charge in [0.05, 0.1) is 9.79 Å². The van der Waals surface area contributed by atoms with Crippen molar-refractivity contribution in [2.24, 2.45) is 0 Å². The number of aromatic hydroxyl groups is 2. The van der Waals surface area contributed by atoms with E-state index in [2.05, 4.69) is 0 Å². The van der Waals surface area contributed by atoms with Crippen molar-refractivity contribution in [1.82, 2.24) is 0 Å². The van der Waals surface area contributed by atoms with Gasteiger partial charge in [-0.15, -0.1) is 0 Å². The van der Waals surface area contributed by atoms with Crippen LogP contribution in [0.1, 0.15) is 16.7 Å². The van der Waals surface area contributed by atoms with Crippen LogP contribution in [-0.2, 0) is 9.84 Å². The van der Waals surface area contributed by atoms with Crippen LogP contribution in [0, 0.1) is 20.8 Å². The predicted molar refractivity (Wildman–Crippen MR) is 75.9 cm³/mol. The smallest absolute Gasteiger partial charge is 0.207 e. The van der Waals surface area contributed by atoms with Crippen LogP contribution in [0.2, 0.25) is 0 Å². The fourth-order valence-electron chi connectivity index (χ4n) is 2.03. The number of hydrogen-bond donors (Lipinski definition) is 2.